The predicted octanol–water partition coefficient (Wildman–Crippen LogP) is 1.83. The molecule has 0 aliphatic heterocycles. The zero-order chi connectivity index (χ0) is 15.8. The largest absolute Gasteiger partial charge is 0.354 e. The third kappa shape index (κ3) is 5.39. The zero-order valence-corrected chi connectivity index (χ0v) is 13.1. The Morgan fingerprint density at radius 1 is 1.09 bits per heavy atom. The molecule has 0 unspecified atom stereocenters. The summed E-state index contributed by atoms with van der Waals surface area (Å²) in [5, 5.41) is 8.59. The van der Waals surface area contributed by atoms with Crippen LogP contribution in [0, 0.1) is 5.92 Å². The molecule has 3 N–H and O–H groups in total. The normalized spacial score (nSPS) is 20.4. The molecule has 0 radical (unpaired) electrons. The fourth-order valence-electron chi connectivity index (χ4n) is 2.80. The number of urea groups is 1. The van der Waals surface area contributed by atoms with Crippen LogP contribution in [0.3, 0.4) is 0 Å². The van der Waals surface area contributed by atoms with E-state index in [9.17, 15) is 9.59 Å². The summed E-state index contributed by atoms with van der Waals surface area (Å²) in [6.07, 6.45) is 3.79. The molecule has 0 aromatic heterocycles. The van der Waals surface area contributed by atoms with Gasteiger partial charge in [0, 0.05) is 19.1 Å². The Bertz CT molecular complexity index is 490. The average Bonchev–Trinajstić information content (AvgIpc) is 2.90. The highest BCUT2D eigenvalue weighted by Crippen LogP contribution is 2.24. The number of nitrogens with one attached hydrogen (secondary N) is 3. The van der Waals surface area contributed by atoms with Crippen molar-refractivity contribution >= 4 is 11.9 Å². The van der Waals surface area contributed by atoms with Gasteiger partial charge in [-0.3, -0.25) is 4.79 Å². The molecule has 0 spiro atoms. The second kappa shape index (κ2) is 8.41. The van der Waals surface area contributed by atoms with E-state index in [4.69, 9.17) is 0 Å². The predicted molar refractivity (Wildman–Crippen MR) is 86.5 cm³/mol. The minimum absolute atomic E-state index is 0.0298. The molecule has 22 heavy (non-hydrogen) atoms. The number of amides is 3. The number of benzene rings is 1. The van der Waals surface area contributed by atoms with E-state index in [1.54, 1.807) is 0 Å². The minimum Gasteiger partial charge on any atom is -0.354 e. The Morgan fingerprint density at radius 2 is 1.82 bits per heavy atom. The van der Waals surface area contributed by atoms with Crippen molar-refractivity contribution < 1.29 is 9.59 Å². The van der Waals surface area contributed by atoms with Crippen molar-refractivity contribution in [3.63, 3.8) is 0 Å². The maximum Gasteiger partial charge on any atom is 0.315 e. The van der Waals surface area contributed by atoms with Crippen molar-refractivity contribution in [3.05, 3.63) is 35.9 Å². The summed E-state index contributed by atoms with van der Waals surface area (Å²) >= 11 is 0. The van der Waals surface area contributed by atoms with Crippen LogP contribution >= 0.6 is 0 Å². The Hall–Kier alpha value is -2.04. The first kappa shape index (κ1) is 16.3. The molecule has 5 heteroatoms. The van der Waals surface area contributed by atoms with Crippen molar-refractivity contribution in [1.82, 2.24) is 16.0 Å². The lowest BCUT2D eigenvalue weighted by atomic mass is 10.1. The molecule has 0 saturated heterocycles. The fraction of sp³-hybridized carbons (Fsp3) is 0.529. The number of hydrogen-bond acceptors (Lipinski definition) is 2. The van der Waals surface area contributed by atoms with Crippen LogP contribution in [-0.4, -0.2) is 31.1 Å². The molecule has 1 saturated carbocycles. The maximum atomic E-state index is 11.7. The highest BCUT2D eigenvalue weighted by Gasteiger charge is 2.24. The molecule has 1 aliphatic rings. The van der Waals surface area contributed by atoms with Crippen molar-refractivity contribution in [2.75, 3.05) is 13.1 Å². The topological polar surface area (TPSA) is 70.2 Å². The standard InChI is InChI=1S/C17H25N3O2/c1-13-6-5-9-15(13)20-17(22)19-11-10-18-16(21)12-14-7-3-2-4-8-14/h2-4,7-8,13,15H,5-6,9-12H2,1H3,(H,18,21)(H2,19,20,22)/t13-,15+/m1/s1. The zero-order valence-electron chi connectivity index (χ0n) is 13.1. The quantitative estimate of drug-likeness (QED) is 0.702. The van der Waals surface area contributed by atoms with Crippen LogP contribution in [0.5, 0.6) is 0 Å². The van der Waals surface area contributed by atoms with Crippen LogP contribution in [-0.2, 0) is 11.2 Å². The van der Waals surface area contributed by atoms with Gasteiger partial charge in [0.1, 0.15) is 0 Å². The Morgan fingerprint density at radius 3 is 2.50 bits per heavy atom. The lowest BCUT2D eigenvalue weighted by Gasteiger charge is -2.17. The van der Waals surface area contributed by atoms with Crippen molar-refractivity contribution in [1.29, 1.82) is 0 Å². The van der Waals surface area contributed by atoms with Crippen molar-refractivity contribution in [3.8, 4) is 0 Å². The minimum atomic E-state index is -0.143. The number of carbonyl (C=O) groups excluding carboxylic acids is 2. The summed E-state index contributed by atoms with van der Waals surface area (Å²) < 4.78 is 0. The maximum absolute atomic E-state index is 11.7. The van der Waals surface area contributed by atoms with Crippen molar-refractivity contribution in [2.24, 2.45) is 5.92 Å². The summed E-state index contributed by atoms with van der Waals surface area (Å²) in [4.78, 5) is 23.5. The lowest BCUT2D eigenvalue weighted by molar-refractivity contribution is -0.120. The first-order valence-corrected chi connectivity index (χ1v) is 8.00. The van der Waals surface area contributed by atoms with Gasteiger partial charge in [0.25, 0.3) is 0 Å². The highest BCUT2D eigenvalue weighted by molar-refractivity contribution is 5.78. The molecule has 1 fully saturated rings. The van der Waals surface area contributed by atoms with Crippen LogP contribution in [0.1, 0.15) is 31.7 Å². The van der Waals surface area contributed by atoms with Gasteiger partial charge in [-0.2, -0.15) is 0 Å². The molecule has 1 aromatic carbocycles. The Kier molecular flexibility index (Phi) is 6.25. The molecule has 120 valence electrons. The van der Waals surface area contributed by atoms with Crippen LogP contribution in [0.4, 0.5) is 4.79 Å². The first-order chi connectivity index (χ1) is 10.6. The van der Waals surface area contributed by atoms with Gasteiger partial charge in [0.2, 0.25) is 5.91 Å². The van der Waals surface area contributed by atoms with E-state index in [1.807, 2.05) is 30.3 Å². The van der Waals surface area contributed by atoms with Gasteiger partial charge in [-0.15, -0.1) is 0 Å². The van der Waals surface area contributed by atoms with Crippen molar-refractivity contribution in [2.45, 2.75) is 38.6 Å². The molecule has 0 bridgehead atoms. The van der Waals surface area contributed by atoms with Gasteiger partial charge in [-0.05, 0) is 24.3 Å². The summed E-state index contributed by atoms with van der Waals surface area (Å²) in [6.45, 7) is 3.05. The van der Waals surface area contributed by atoms with E-state index in [-0.39, 0.29) is 18.0 Å². The van der Waals surface area contributed by atoms with Crippen LogP contribution in [0.2, 0.25) is 0 Å². The number of hydrogen-bond donors (Lipinski definition) is 3. The molecular formula is C17H25N3O2. The molecule has 3 amide bonds. The summed E-state index contributed by atoms with van der Waals surface area (Å²) in [5.41, 5.74) is 0.987. The lowest BCUT2D eigenvalue weighted by Crippen LogP contribution is -2.45. The molecule has 2 atom stereocenters. The monoisotopic (exact) mass is 303 g/mol. The Labute approximate surface area is 131 Å². The van der Waals surface area contributed by atoms with E-state index >= 15 is 0 Å². The first-order valence-electron chi connectivity index (χ1n) is 8.00. The molecular weight excluding hydrogens is 278 g/mol. The number of rotatable bonds is 6. The molecule has 0 heterocycles. The van der Waals surface area contributed by atoms with Gasteiger partial charge in [-0.1, -0.05) is 43.7 Å². The van der Waals surface area contributed by atoms with Crippen LogP contribution in [0.15, 0.2) is 30.3 Å². The van der Waals surface area contributed by atoms with E-state index in [2.05, 4.69) is 22.9 Å². The third-order valence-electron chi connectivity index (χ3n) is 4.12. The second-order valence-electron chi connectivity index (χ2n) is 5.93. The molecule has 5 nitrogen and oxygen atoms in total. The van der Waals surface area contributed by atoms with Crippen LogP contribution < -0.4 is 16.0 Å². The van der Waals surface area contributed by atoms with Gasteiger partial charge >= 0.3 is 6.03 Å². The SMILES string of the molecule is C[C@@H]1CCC[C@@H]1NC(=O)NCCNC(=O)Cc1ccccc1. The van der Waals surface area contributed by atoms with E-state index < -0.39 is 0 Å². The third-order valence-corrected chi connectivity index (χ3v) is 4.12. The van der Waals surface area contributed by atoms with E-state index in [0.29, 0.717) is 25.4 Å². The molecule has 2 rings (SSSR count). The van der Waals surface area contributed by atoms with Gasteiger partial charge in [0.15, 0.2) is 0 Å². The van der Waals surface area contributed by atoms with E-state index in [0.717, 1.165) is 12.0 Å². The summed E-state index contributed by atoms with van der Waals surface area (Å²) in [6, 6.07) is 9.75. The fourth-order valence-corrected chi connectivity index (χ4v) is 2.80. The summed E-state index contributed by atoms with van der Waals surface area (Å²) in [7, 11) is 0. The van der Waals surface area contributed by atoms with Gasteiger partial charge in [-0.25, -0.2) is 4.79 Å². The van der Waals surface area contributed by atoms with Gasteiger partial charge < -0.3 is 16.0 Å². The molecule has 1 aromatic rings. The second-order valence-corrected chi connectivity index (χ2v) is 5.93. The summed E-state index contributed by atoms with van der Waals surface area (Å²) in [5.74, 6) is 0.522. The van der Waals surface area contributed by atoms with Crippen LogP contribution in [0.25, 0.3) is 0 Å². The highest BCUT2D eigenvalue weighted by atomic mass is 16.2. The average molecular weight is 303 g/mol. The van der Waals surface area contributed by atoms with Gasteiger partial charge in [0.05, 0.1) is 6.42 Å². The Balaban J connectivity index is 1.56. The molecule has 1 aliphatic carbocycles. The number of carbonyl (C=O) groups is 2. The smallest absolute Gasteiger partial charge is 0.315 e. The van der Waals surface area contributed by atoms with E-state index in [1.165, 1.54) is 12.8 Å².